The van der Waals surface area contributed by atoms with Gasteiger partial charge in [0, 0.05) is 16.7 Å². The molecule has 0 saturated heterocycles. The lowest BCUT2D eigenvalue weighted by Gasteiger charge is -1.97. The van der Waals surface area contributed by atoms with Gasteiger partial charge in [0.15, 0.2) is 0 Å². The summed E-state index contributed by atoms with van der Waals surface area (Å²) in [6.45, 7) is 2.02. The normalized spacial score (nSPS) is 11.7. The van der Waals surface area contributed by atoms with Crippen molar-refractivity contribution in [3.8, 4) is 17.4 Å². The van der Waals surface area contributed by atoms with E-state index in [0.29, 0.717) is 27.9 Å². The maximum atomic E-state index is 9.54. The van der Waals surface area contributed by atoms with E-state index in [2.05, 4.69) is 16.0 Å². The zero-order valence-corrected chi connectivity index (χ0v) is 14.7. The van der Waals surface area contributed by atoms with Crippen molar-refractivity contribution in [3.05, 3.63) is 76.8 Å². The summed E-state index contributed by atoms with van der Waals surface area (Å²) < 4.78 is 5.84. The fourth-order valence-corrected chi connectivity index (χ4v) is 2.96. The Balaban J connectivity index is 1.70. The van der Waals surface area contributed by atoms with Gasteiger partial charge in [0.2, 0.25) is 0 Å². The molecular formula is C21H14ClN3O. The Labute approximate surface area is 155 Å². The van der Waals surface area contributed by atoms with Crippen molar-refractivity contribution < 1.29 is 4.42 Å². The average molecular weight is 360 g/mol. The maximum Gasteiger partial charge on any atom is 0.149 e. The van der Waals surface area contributed by atoms with Crippen LogP contribution in [0.2, 0.25) is 5.02 Å². The minimum atomic E-state index is 0.408. The molecule has 0 bridgehead atoms. The zero-order chi connectivity index (χ0) is 18.1. The number of fused-ring (bicyclic) bond motifs is 1. The summed E-state index contributed by atoms with van der Waals surface area (Å²) in [5, 5.41) is 10.2. The van der Waals surface area contributed by atoms with Crippen LogP contribution in [0.5, 0.6) is 0 Å². The highest BCUT2D eigenvalue weighted by molar-refractivity contribution is 6.30. The molecule has 4 rings (SSSR count). The third kappa shape index (κ3) is 3.13. The molecule has 2 heterocycles. The van der Waals surface area contributed by atoms with E-state index in [4.69, 9.17) is 16.0 Å². The number of imidazole rings is 1. The van der Waals surface area contributed by atoms with Gasteiger partial charge in [0.25, 0.3) is 0 Å². The standard InChI is InChI=1S/C21H14ClN3O/c1-13-5-7-18-19(9-13)25-21(24-18)15(12-23)11-17-6-8-20(26-17)14-3-2-4-16(22)10-14/h2-11H,1H3,(H,24,25)/b15-11+. The van der Waals surface area contributed by atoms with Crippen LogP contribution in [0.3, 0.4) is 0 Å². The first-order chi connectivity index (χ1) is 12.6. The van der Waals surface area contributed by atoms with Crippen LogP contribution in [0.1, 0.15) is 17.1 Å². The third-order valence-electron chi connectivity index (χ3n) is 4.04. The quantitative estimate of drug-likeness (QED) is 0.466. The number of aryl methyl sites for hydroxylation is 1. The van der Waals surface area contributed by atoms with Crippen LogP contribution in [0.4, 0.5) is 0 Å². The number of hydrogen-bond acceptors (Lipinski definition) is 3. The summed E-state index contributed by atoms with van der Waals surface area (Å²) >= 11 is 6.03. The Hall–Kier alpha value is -3.29. The molecule has 0 aliphatic heterocycles. The molecule has 0 radical (unpaired) electrons. The van der Waals surface area contributed by atoms with Crippen molar-refractivity contribution in [1.29, 1.82) is 5.26 Å². The van der Waals surface area contributed by atoms with Gasteiger partial charge in [-0.15, -0.1) is 0 Å². The summed E-state index contributed by atoms with van der Waals surface area (Å²) in [4.78, 5) is 7.68. The van der Waals surface area contributed by atoms with Gasteiger partial charge >= 0.3 is 0 Å². The van der Waals surface area contributed by atoms with Crippen molar-refractivity contribution in [3.63, 3.8) is 0 Å². The molecule has 0 unspecified atom stereocenters. The maximum absolute atomic E-state index is 9.54. The first-order valence-corrected chi connectivity index (χ1v) is 8.44. The second-order valence-corrected chi connectivity index (χ2v) is 6.42. The zero-order valence-electron chi connectivity index (χ0n) is 14.0. The van der Waals surface area contributed by atoms with Gasteiger partial charge in [0.1, 0.15) is 23.4 Å². The Morgan fingerprint density at radius 3 is 2.88 bits per heavy atom. The third-order valence-corrected chi connectivity index (χ3v) is 4.27. The molecule has 0 saturated carbocycles. The van der Waals surface area contributed by atoms with E-state index in [0.717, 1.165) is 22.2 Å². The van der Waals surface area contributed by atoms with Gasteiger partial charge in [-0.2, -0.15) is 5.26 Å². The van der Waals surface area contributed by atoms with E-state index >= 15 is 0 Å². The van der Waals surface area contributed by atoms with Crippen molar-refractivity contribution in [2.75, 3.05) is 0 Å². The Morgan fingerprint density at radius 1 is 1.19 bits per heavy atom. The lowest BCUT2D eigenvalue weighted by atomic mass is 10.2. The number of allylic oxidation sites excluding steroid dienone is 1. The predicted octanol–water partition coefficient (Wildman–Crippen LogP) is 5.85. The first-order valence-electron chi connectivity index (χ1n) is 8.07. The van der Waals surface area contributed by atoms with Gasteiger partial charge in [-0.1, -0.05) is 29.8 Å². The largest absolute Gasteiger partial charge is 0.457 e. The Bertz CT molecular complexity index is 1180. The summed E-state index contributed by atoms with van der Waals surface area (Å²) in [6.07, 6.45) is 1.68. The van der Waals surface area contributed by atoms with Gasteiger partial charge in [-0.05, 0) is 48.9 Å². The van der Waals surface area contributed by atoms with Gasteiger partial charge < -0.3 is 9.40 Å². The van der Waals surface area contributed by atoms with E-state index in [1.807, 2.05) is 61.5 Å². The minimum Gasteiger partial charge on any atom is -0.457 e. The molecular weight excluding hydrogens is 346 g/mol. The summed E-state index contributed by atoms with van der Waals surface area (Å²) in [6, 6.07) is 19.2. The fraction of sp³-hybridized carbons (Fsp3) is 0.0476. The van der Waals surface area contributed by atoms with Gasteiger partial charge in [0.05, 0.1) is 16.6 Å². The number of rotatable bonds is 3. The van der Waals surface area contributed by atoms with E-state index in [1.165, 1.54) is 0 Å². The highest BCUT2D eigenvalue weighted by atomic mass is 35.5. The molecule has 2 aromatic heterocycles. The molecule has 0 aliphatic rings. The van der Waals surface area contributed by atoms with Crippen molar-refractivity contribution >= 4 is 34.3 Å². The van der Waals surface area contributed by atoms with Crippen LogP contribution in [0, 0.1) is 18.3 Å². The highest BCUT2D eigenvalue weighted by Gasteiger charge is 2.10. The van der Waals surface area contributed by atoms with Gasteiger partial charge in [-0.3, -0.25) is 0 Å². The number of nitriles is 1. The number of aromatic nitrogens is 2. The smallest absolute Gasteiger partial charge is 0.149 e. The summed E-state index contributed by atoms with van der Waals surface area (Å²) in [7, 11) is 0. The molecule has 4 nitrogen and oxygen atoms in total. The molecule has 0 spiro atoms. The van der Waals surface area contributed by atoms with E-state index < -0.39 is 0 Å². The molecule has 26 heavy (non-hydrogen) atoms. The number of halogens is 1. The average Bonchev–Trinajstić information content (AvgIpc) is 3.26. The molecule has 0 fully saturated rings. The number of nitrogens with zero attached hydrogens (tertiary/aromatic N) is 2. The molecule has 1 N–H and O–H groups in total. The lowest BCUT2D eigenvalue weighted by Crippen LogP contribution is -1.84. The van der Waals surface area contributed by atoms with E-state index in [-0.39, 0.29) is 0 Å². The molecule has 0 atom stereocenters. The minimum absolute atomic E-state index is 0.408. The lowest BCUT2D eigenvalue weighted by molar-refractivity contribution is 0.572. The topological polar surface area (TPSA) is 65.6 Å². The van der Waals surface area contributed by atoms with E-state index in [9.17, 15) is 5.26 Å². The number of hydrogen-bond donors (Lipinski definition) is 1. The molecule has 2 aromatic carbocycles. The number of aromatic amines is 1. The fourth-order valence-electron chi connectivity index (χ4n) is 2.77. The highest BCUT2D eigenvalue weighted by Crippen LogP contribution is 2.27. The molecule has 0 amide bonds. The molecule has 126 valence electrons. The monoisotopic (exact) mass is 359 g/mol. The SMILES string of the molecule is Cc1ccc2nc(/C(C#N)=C/c3ccc(-c4cccc(Cl)c4)o3)[nH]c2c1. The second kappa shape index (κ2) is 6.55. The number of nitrogens with one attached hydrogen (secondary N) is 1. The predicted molar refractivity (Wildman–Crippen MR) is 103 cm³/mol. The van der Waals surface area contributed by atoms with Crippen molar-refractivity contribution in [2.45, 2.75) is 6.92 Å². The number of furan rings is 1. The van der Waals surface area contributed by atoms with Crippen LogP contribution < -0.4 is 0 Å². The van der Waals surface area contributed by atoms with Crippen LogP contribution in [0.15, 0.2) is 59.0 Å². The Morgan fingerprint density at radius 2 is 2.08 bits per heavy atom. The van der Waals surface area contributed by atoms with E-state index in [1.54, 1.807) is 6.08 Å². The summed E-state index contributed by atoms with van der Waals surface area (Å²) in [5.74, 6) is 1.79. The molecule has 0 aliphatic carbocycles. The summed E-state index contributed by atoms with van der Waals surface area (Å²) in [5.41, 5.74) is 4.15. The number of benzene rings is 2. The number of H-pyrrole nitrogens is 1. The van der Waals surface area contributed by atoms with Crippen LogP contribution >= 0.6 is 11.6 Å². The van der Waals surface area contributed by atoms with Crippen LogP contribution in [-0.4, -0.2) is 9.97 Å². The molecule has 5 heteroatoms. The van der Waals surface area contributed by atoms with Gasteiger partial charge in [-0.25, -0.2) is 4.98 Å². The first kappa shape index (κ1) is 16.2. The van der Waals surface area contributed by atoms with Crippen LogP contribution in [0.25, 0.3) is 34.0 Å². The van der Waals surface area contributed by atoms with Crippen LogP contribution in [-0.2, 0) is 0 Å². The van der Waals surface area contributed by atoms with Crippen molar-refractivity contribution in [1.82, 2.24) is 9.97 Å². The van der Waals surface area contributed by atoms with Crippen molar-refractivity contribution in [2.24, 2.45) is 0 Å². The Kier molecular flexibility index (Phi) is 4.08. The second-order valence-electron chi connectivity index (χ2n) is 5.99. The molecule has 4 aromatic rings.